The van der Waals surface area contributed by atoms with E-state index in [-0.39, 0.29) is 17.4 Å². The Labute approximate surface area is 130 Å². The van der Waals surface area contributed by atoms with Crippen LogP contribution in [0.4, 0.5) is 5.69 Å². The minimum atomic E-state index is -0.943. The van der Waals surface area contributed by atoms with Gasteiger partial charge in [-0.1, -0.05) is 11.6 Å². The molecule has 1 aromatic carbocycles. The summed E-state index contributed by atoms with van der Waals surface area (Å²) >= 11 is 13.4. The molecule has 0 saturated carbocycles. The monoisotopic (exact) mass is 415 g/mol. The van der Waals surface area contributed by atoms with Gasteiger partial charge in [-0.25, -0.2) is 0 Å². The molecule has 0 aromatic heterocycles. The average Bonchev–Trinajstić information content (AvgIpc) is 2.22. The molecule has 0 saturated heterocycles. The Morgan fingerprint density at radius 1 is 1.28 bits per heavy atom. The summed E-state index contributed by atoms with van der Waals surface area (Å²) in [5.74, 6) is -1.24. The number of hydrogen-bond acceptors (Lipinski definition) is 3. The predicted octanol–water partition coefficient (Wildman–Crippen LogP) is 3.62. The number of amides is 1. The molecule has 0 spiro atoms. The smallest absolute Gasteiger partial charge is 0.313 e. The SMILES string of the molecule is O=C(O)CSCC(=O)Nc1c(Br)cc(Cl)cc1Br. The van der Waals surface area contributed by atoms with Gasteiger partial charge in [0.15, 0.2) is 0 Å². The second kappa shape index (κ2) is 7.37. The lowest BCUT2D eigenvalue weighted by Gasteiger charge is -2.09. The molecule has 4 nitrogen and oxygen atoms in total. The van der Waals surface area contributed by atoms with Gasteiger partial charge in [0.25, 0.3) is 0 Å². The number of carbonyl (C=O) groups excluding carboxylic acids is 1. The molecule has 1 rings (SSSR count). The van der Waals surface area contributed by atoms with Crippen LogP contribution in [0, 0.1) is 0 Å². The van der Waals surface area contributed by atoms with E-state index >= 15 is 0 Å². The number of nitrogens with one attached hydrogen (secondary N) is 1. The standard InChI is InChI=1S/C10H8Br2ClNO3S/c11-6-1-5(13)2-7(12)10(6)14-8(15)3-18-4-9(16)17/h1-2H,3-4H2,(H,14,15)(H,16,17). The van der Waals surface area contributed by atoms with Crippen molar-refractivity contribution in [2.45, 2.75) is 0 Å². The number of aliphatic carboxylic acids is 1. The zero-order valence-electron chi connectivity index (χ0n) is 8.87. The van der Waals surface area contributed by atoms with Crippen molar-refractivity contribution in [1.29, 1.82) is 0 Å². The fourth-order valence-corrected chi connectivity index (χ4v) is 3.47. The minimum Gasteiger partial charge on any atom is -0.481 e. The summed E-state index contributed by atoms with van der Waals surface area (Å²) in [6.07, 6.45) is 0. The summed E-state index contributed by atoms with van der Waals surface area (Å²) in [4.78, 5) is 21.9. The molecule has 18 heavy (non-hydrogen) atoms. The molecule has 0 atom stereocenters. The van der Waals surface area contributed by atoms with Crippen LogP contribution in [0.5, 0.6) is 0 Å². The van der Waals surface area contributed by atoms with Crippen molar-refractivity contribution >= 4 is 72.8 Å². The molecule has 2 N–H and O–H groups in total. The zero-order chi connectivity index (χ0) is 13.7. The molecule has 0 bridgehead atoms. The van der Waals surface area contributed by atoms with E-state index in [1.165, 1.54) is 0 Å². The quantitative estimate of drug-likeness (QED) is 0.768. The second-order valence-corrected chi connectivity index (χ2v) is 6.31. The van der Waals surface area contributed by atoms with Crippen molar-refractivity contribution in [2.24, 2.45) is 0 Å². The summed E-state index contributed by atoms with van der Waals surface area (Å²) in [5, 5.41) is 11.7. The Balaban J connectivity index is 2.62. The van der Waals surface area contributed by atoms with Gasteiger partial charge in [0.1, 0.15) is 0 Å². The van der Waals surface area contributed by atoms with Crippen molar-refractivity contribution in [2.75, 3.05) is 16.8 Å². The second-order valence-electron chi connectivity index (χ2n) is 3.18. The Morgan fingerprint density at radius 3 is 2.33 bits per heavy atom. The van der Waals surface area contributed by atoms with Crippen LogP contribution >= 0.6 is 55.2 Å². The van der Waals surface area contributed by atoms with E-state index in [2.05, 4.69) is 37.2 Å². The van der Waals surface area contributed by atoms with Crippen molar-refractivity contribution < 1.29 is 14.7 Å². The van der Waals surface area contributed by atoms with Gasteiger partial charge >= 0.3 is 5.97 Å². The number of anilines is 1. The van der Waals surface area contributed by atoms with Crippen LogP contribution in [0.3, 0.4) is 0 Å². The van der Waals surface area contributed by atoms with E-state index in [0.29, 0.717) is 19.7 Å². The summed E-state index contributed by atoms with van der Waals surface area (Å²) in [5.41, 5.74) is 0.570. The van der Waals surface area contributed by atoms with E-state index in [0.717, 1.165) is 11.8 Å². The van der Waals surface area contributed by atoms with Crippen LogP contribution in [-0.4, -0.2) is 28.5 Å². The number of carboxylic acid groups (broad SMARTS) is 1. The molecule has 0 heterocycles. The van der Waals surface area contributed by atoms with Gasteiger partial charge in [-0.15, -0.1) is 11.8 Å². The number of carbonyl (C=O) groups is 2. The average molecular weight is 418 g/mol. The molecule has 8 heteroatoms. The normalized spacial score (nSPS) is 10.2. The van der Waals surface area contributed by atoms with Gasteiger partial charge in [0, 0.05) is 14.0 Å². The molecular formula is C10H8Br2ClNO3S. The lowest BCUT2D eigenvalue weighted by molar-refractivity contribution is -0.133. The van der Waals surface area contributed by atoms with Crippen LogP contribution in [0.2, 0.25) is 5.02 Å². The largest absolute Gasteiger partial charge is 0.481 e. The summed E-state index contributed by atoms with van der Waals surface area (Å²) in [6, 6.07) is 3.32. The van der Waals surface area contributed by atoms with E-state index in [1.54, 1.807) is 12.1 Å². The lowest BCUT2D eigenvalue weighted by Crippen LogP contribution is -2.16. The molecule has 0 aliphatic rings. The van der Waals surface area contributed by atoms with E-state index in [4.69, 9.17) is 16.7 Å². The van der Waals surface area contributed by atoms with Crippen molar-refractivity contribution in [3.05, 3.63) is 26.1 Å². The highest BCUT2D eigenvalue weighted by atomic mass is 79.9. The maximum Gasteiger partial charge on any atom is 0.313 e. The molecule has 0 fully saturated rings. The topological polar surface area (TPSA) is 66.4 Å². The van der Waals surface area contributed by atoms with Gasteiger partial charge in [-0.3, -0.25) is 9.59 Å². The summed E-state index contributed by atoms with van der Waals surface area (Å²) < 4.78 is 1.30. The van der Waals surface area contributed by atoms with Crippen molar-refractivity contribution in [3.63, 3.8) is 0 Å². The van der Waals surface area contributed by atoms with E-state index in [1.807, 2.05) is 0 Å². The number of halogens is 3. The minimum absolute atomic E-state index is 0.0772. The molecule has 1 aromatic rings. The molecule has 1 amide bonds. The molecule has 0 aliphatic carbocycles. The van der Waals surface area contributed by atoms with Gasteiger partial charge in [-0.2, -0.15) is 0 Å². The number of thioether (sulfide) groups is 1. The van der Waals surface area contributed by atoms with Crippen molar-refractivity contribution in [1.82, 2.24) is 0 Å². The van der Waals surface area contributed by atoms with E-state index < -0.39 is 5.97 Å². The first-order valence-corrected chi connectivity index (χ1v) is 7.76. The maximum absolute atomic E-state index is 11.6. The fraction of sp³-hybridized carbons (Fsp3) is 0.200. The third-order valence-electron chi connectivity index (χ3n) is 1.73. The highest BCUT2D eigenvalue weighted by Crippen LogP contribution is 2.34. The third-order valence-corrected chi connectivity index (χ3v) is 4.12. The first-order valence-electron chi connectivity index (χ1n) is 4.64. The van der Waals surface area contributed by atoms with Gasteiger partial charge in [-0.05, 0) is 44.0 Å². The molecule has 0 unspecified atom stereocenters. The summed E-state index contributed by atoms with van der Waals surface area (Å²) in [6.45, 7) is 0. The molecule has 0 aliphatic heterocycles. The number of benzene rings is 1. The van der Waals surface area contributed by atoms with Crippen LogP contribution < -0.4 is 5.32 Å². The number of rotatable bonds is 5. The first kappa shape index (κ1) is 15.8. The Kier molecular flexibility index (Phi) is 6.48. The number of carboxylic acids is 1. The molecule has 0 radical (unpaired) electrons. The van der Waals surface area contributed by atoms with Crippen molar-refractivity contribution in [3.8, 4) is 0 Å². The van der Waals surface area contributed by atoms with Gasteiger partial charge in [0.05, 0.1) is 17.2 Å². The third kappa shape index (κ3) is 5.17. The highest BCUT2D eigenvalue weighted by molar-refractivity contribution is 9.11. The maximum atomic E-state index is 11.6. The Bertz CT molecular complexity index is 461. The van der Waals surface area contributed by atoms with Gasteiger partial charge in [0.2, 0.25) is 5.91 Å². The van der Waals surface area contributed by atoms with Crippen LogP contribution in [0.15, 0.2) is 21.1 Å². The fourth-order valence-electron chi connectivity index (χ4n) is 1.07. The predicted molar refractivity (Wildman–Crippen MR) is 80.4 cm³/mol. The lowest BCUT2D eigenvalue weighted by atomic mass is 10.3. The zero-order valence-corrected chi connectivity index (χ0v) is 13.6. The molecule has 98 valence electrons. The van der Waals surface area contributed by atoms with Gasteiger partial charge < -0.3 is 10.4 Å². The van der Waals surface area contributed by atoms with Crippen LogP contribution in [0.1, 0.15) is 0 Å². The van der Waals surface area contributed by atoms with E-state index in [9.17, 15) is 9.59 Å². The molecular weight excluding hydrogens is 409 g/mol. The van der Waals surface area contributed by atoms with Crippen LogP contribution in [0.25, 0.3) is 0 Å². The Morgan fingerprint density at radius 2 is 1.83 bits per heavy atom. The first-order chi connectivity index (χ1) is 8.40. The Hall–Kier alpha value is -0.240. The van der Waals surface area contributed by atoms with Crippen LogP contribution in [-0.2, 0) is 9.59 Å². The highest BCUT2D eigenvalue weighted by Gasteiger charge is 2.11. The summed E-state index contributed by atoms with van der Waals surface area (Å²) in [7, 11) is 0. The number of hydrogen-bond donors (Lipinski definition) is 2.